The second-order valence-electron chi connectivity index (χ2n) is 7.93. The third-order valence-corrected chi connectivity index (χ3v) is 4.74. The molecule has 6 nitrogen and oxygen atoms in total. The maximum Gasteiger partial charge on any atom is 0.408 e. The largest absolute Gasteiger partial charge is 0.445 e. The Hall–Kier alpha value is -2.86. The Morgan fingerprint density at radius 1 is 0.900 bits per heavy atom. The number of aliphatic hydroxyl groups is 1. The first-order valence-corrected chi connectivity index (χ1v) is 10.3. The molecule has 0 saturated carbocycles. The fourth-order valence-electron chi connectivity index (χ4n) is 3.10. The molecular formula is C24H32N2O4. The van der Waals surface area contributed by atoms with Crippen LogP contribution in [0.3, 0.4) is 0 Å². The van der Waals surface area contributed by atoms with E-state index < -0.39 is 24.3 Å². The minimum absolute atomic E-state index is 0.132. The molecule has 0 heterocycles. The predicted molar refractivity (Wildman–Crippen MR) is 117 cm³/mol. The zero-order valence-electron chi connectivity index (χ0n) is 17.9. The van der Waals surface area contributed by atoms with Gasteiger partial charge in [0.1, 0.15) is 12.6 Å². The Kier molecular flexibility index (Phi) is 9.35. The van der Waals surface area contributed by atoms with E-state index in [9.17, 15) is 14.7 Å². The van der Waals surface area contributed by atoms with Gasteiger partial charge in [-0.25, -0.2) is 4.79 Å². The molecule has 0 aliphatic rings. The third kappa shape index (κ3) is 8.25. The second kappa shape index (κ2) is 12.0. The number of rotatable bonds is 10. The van der Waals surface area contributed by atoms with E-state index in [1.165, 1.54) is 0 Å². The van der Waals surface area contributed by atoms with Crippen molar-refractivity contribution in [3.8, 4) is 0 Å². The van der Waals surface area contributed by atoms with Gasteiger partial charge in [0.15, 0.2) is 0 Å². The van der Waals surface area contributed by atoms with Crippen molar-refractivity contribution >= 4 is 12.0 Å². The van der Waals surface area contributed by atoms with Gasteiger partial charge in [-0.2, -0.15) is 0 Å². The van der Waals surface area contributed by atoms with E-state index in [1.54, 1.807) is 6.92 Å². The topological polar surface area (TPSA) is 87.7 Å². The molecule has 2 rings (SSSR count). The summed E-state index contributed by atoms with van der Waals surface area (Å²) in [6, 6.07) is 17.8. The van der Waals surface area contributed by atoms with E-state index >= 15 is 0 Å². The summed E-state index contributed by atoms with van der Waals surface area (Å²) >= 11 is 0. The Morgan fingerprint density at radius 3 is 2.00 bits per heavy atom. The van der Waals surface area contributed by atoms with Gasteiger partial charge < -0.3 is 20.5 Å². The summed E-state index contributed by atoms with van der Waals surface area (Å²) in [5.41, 5.74) is 1.88. The van der Waals surface area contributed by atoms with Crippen LogP contribution in [-0.4, -0.2) is 35.3 Å². The highest BCUT2D eigenvalue weighted by Crippen LogP contribution is 2.10. The highest BCUT2D eigenvalue weighted by Gasteiger charge is 2.26. The van der Waals surface area contributed by atoms with Crippen LogP contribution in [0.2, 0.25) is 0 Å². The monoisotopic (exact) mass is 412 g/mol. The van der Waals surface area contributed by atoms with Crippen LogP contribution in [0.25, 0.3) is 0 Å². The first kappa shape index (κ1) is 23.4. The molecule has 2 aromatic carbocycles. The minimum atomic E-state index is -0.745. The van der Waals surface area contributed by atoms with Crippen molar-refractivity contribution in [2.75, 3.05) is 0 Å². The summed E-state index contributed by atoms with van der Waals surface area (Å²) in [5, 5.41) is 15.7. The average Bonchev–Trinajstić information content (AvgIpc) is 2.72. The van der Waals surface area contributed by atoms with Gasteiger partial charge in [0.2, 0.25) is 5.91 Å². The molecule has 0 aliphatic heterocycles. The van der Waals surface area contributed by atoms with Crippen molar-refractivity contribution in [3.05, 3.63) is 71.8 Å². The minimum Gasteiger partial charge on any atom is -0.445 e. The molecule has 30 heavy (non-hydrogen) atoms. The first-order chi connectivity index (χ1) is 14.3. The predicted octanol–water partition coefficient (Wildman–Crippen LogP) is 3.44. The number of nitrogens with one attached hydrogen (secondary N) is 2. The molecule has 0 aliphatic carbocycles. The Morgan fingerprint density at radius 2 is 1.47 bits per heavy atom. The number of hydrogen-bond acceptors (Lipinski definition) is 4. The van der Waals surface area contributed by atoms with Crippen molar-refractivity contribution in [2.45, 2.75) is 58.4 Å². The van der Waals surface area contributed by atoms with E-state index in [-0.39, 0.29) is 18.4 Å². The lowest BCUT2D eigenvalue weighted by Gasteiger charge is -2.26. The number of alkyl carbamates (subject to hydrolysis) is 1. The van der Waals surface area contributed by atoms with Crippen molar-refractivity contribution < 1.29 is 19.4 Å². The number of ether oxygens (including phenoxy) is 1. The number of carbonyl (C=O) groups is 2. The fraction of sp³-hybridized carbons (Fsp3) is 0.417. The van der Waals surface area contributed by atoms with Gasteiger partial charge in [-0.05, 0) is 36.8 Å². The molecule has 0 saturated heterocycles. The lowest BCUT2D eigenvalue weighted by atomic mass is 9.99. The smallest absolute Gasteiger partial charge is 0.408 e. The van der Waals surface area contributed by atoms with Gasteiger partial charge in [0.25, 0.3) is 0 Å². The number of aliphatic hydroxyl groups excluding tert-OH is 1. The van der Waals surface area contributed by atoms with E-state index in [2.05, 4.69) is 10.6 Å². The fourth-order valence-corrected chi connectivity index (χ4v) is 3.10. The van der Waals surface area contributed by atoms with Gasteiger partial charge in [0, 0.05) is 0 Å². The lowest BCUT2D eigenvalue weighted by Crippen LogP contribution is -2.53. The molecule has 0 radical (unpaired) electrons. The van der Waals surface area contributed by atoms with Crippen LogP contribution in [0, 0.1) is 5.92 Å². The molecule has 0 spiro atoms. The van der Waals surface area contributed by atoms with Crippen molar-refractivity contribution in [1.82, 2.24) is 10.6 Å². The summed E-state index contributed by atoms with van der Waals surface area (Å²) in [6.45, 7) is 5.74. The Labute approximate surface area is 178 Å². The first-order valence-electron chi connectivity index (χ1n) is 10.3. The summed E-state index contributed by atoms with van der Waals surface area (Å²) in [4.78, 5) is 25.2. The third-order valence-electron chi connectivity index (χ3n) is 4.74. The summed E-state index contributed by atoms with van der Waals surface area (Å²) in [6.07, 6.45) is -0.420. The second-order valence-corrected chi connectivity index (χ2v) is 7.93. The molecule has 3 atom stereocenters. The van der Waals surface area contributed by atoms with Gasteiger partial charge in [0.05, 0.1) is 12.1 Å². The van der Waals surface area contributed by atoms with E-state index in [1.807, 2.05) is 74.5 Å². The van der Waals surface area contributed by atoms with E-state index in [4.69, 9.17) is 4.74 Å². The Bertz CT molecular complexity index is 778. The van der Waals surface area contributed by atoms with Crippen LogP contribution in [0.1, 0.15) is 38.3 Å². The highest BCUT2D eigenvalue weighted by molar-refractivity contribution is 5.85. The molecular weight excluding hydrogens is 380 g/mol. The molecule has 162 valence electrons. The zero-order chi connectivity index (χ0) is 21.9. The maximum atomic E-state index is 12.9. The van der Waals surface area contributed by atoms with Crippen molar-refractivity contribution in [2.24, 2.45) is 5.92 Å². The van der Waals surface area contributed by atoms with Gasteiger partial charge in [-0.15, -0.1) is 0 Å². The SMILES string of the molecule is CC(C)CC(NC(=O)OCc1ccccc1)C(=O)NC(Cc1ccccc1)C(C)O. The lowest BCUT2D eigenvalue weighted by molar-refractivity contribution is -0.125. The van der Waals surface area contributed by atoms with Crippen molar-refractivity contribution in [1.29, 1.82) is 0 Å². The molecule has 2 amide bonds. The van der Waals surface area contributed by atoms with Crippen LogP contribution in [0.15, 0.2) is 60.7 Å². The van der Waals surface area contributed by atoms with Crippen LogP contribution in [-0.2, 0) is 22.6 Å². The molecule has 3 N–H and O–H groups in total. The van der Waals surface area contributed by atoms with Crippen molar-refractivity contribution in [3.63, 3.8) is 0 Å². The number of carbonyl (C=O) groups excluding carboxylic acids is 2. The van der Waals surface area contributed by atoms with Crippen LogP contribution in [0.5, 0.6) is 0 Å². The van der Waals surface area contributed by atoms with Gasteiger partial charge >= 0.3 is 6.09 Å². The number of hydrogen-bond donors (Lipinski definition) is 3. The highest BCUT2D eigenvalue weighted by atomic mass is 16.5. The van der Waals surface area contributed by atoms with E-state index in [0.717, 1.165) is 11.1 Å². The molecule has 0 aromatic heterocycles. The van der Waals surface area contributed by atoms with Crippen LogP contribution < -0.4 is 10.6 Å². The molecule has 6 heteroatoms. The zero-order valence-corrected chi connectivity index (χ0v) is 17.9. The average molecular weight is 413 g/mol. The molecule has 0 fully saturated rings. The quantitative estimate of drug-likeness (QED) is 0.558. The molecule has 0 bridgehead atoms. The Balaban J connectivity index is 1.97. The molecule has 3 unspecified atom stereocenters. The van der Waals surface area contributed by atoms with Gasteiger partial charge in [-0.1, -0.05) is 74.5 Å². The van der Waals surface area contributed by atoms with Crippen LogP contribution >= 0.6 is 0 Å². The summed E-state index contributed by atoms with van der Waals surface area (Å²) in [5.74, 6) is -0.142. The van der Waals surface area contributed by atoms with Crippen LogP contribution in [0.4, 0.5) is 4.79 Å². The summed E-state index contributed by atoms with van der Waals surface area (Å²) < 4.78 is 5.26. The maximum absolute atomic E-state index is 12.9. The normalized spacial score (nSPS) is 13.9. The summed E-state index contributed by atoms with van der Waals surface area (Å²) in [7, 11) is 0. The standard InChI is InChI=1S/C24H32N2O4/c1-17(2)14-22(26-24(29)30-16-20-12-8-5-9-13-20)23(28)25-21(18(3)27)15-19-10-6-4-7-11-19/h4-13,17-18,21-22,27H,14-16H2,1-3H3,(H,25,28)(H,26,29). The van der Waals surface area contributed by atoms with E-state index in [0.29, 0.717) is 12.8 Å². The molecule has 2 aromatic rings. The number of benzene rings is 2. The van der Waals surface area contributed by atoms with Gasteiger partial charge in [-0.3, -0.25) is 4.79 Å². The number of amides is 2.